The molecule has 0 saturated carbocycles. The van der Waals surface area contributed by atoms with E-state index in [-0.39, 0.29) is 6.04 Å². The van der Waals surface area contributed by atoms with E-state index >= 15 is 0 Å². The molecule has 0 aliphatic rings. The van der Waals surface area contributed by atoms with E-state index < -0.39 is 0 Å². The van der Waals surface area contributed by atoms with Crippen LogP contribution in [-0.4, -0.2) is 4.98 Å². The van der Waals surface area contributed by atoms with Gasteiger partial charge in [0, 0.05) is 28.6 Å². The predicted molar refractivity (Wildman–Crippen MR) is 81.3 cm³/mol. The van der Waals surface area contributed by atoms with Gasteiger partial charge in [0.2, 0.25) is 0 Å². The van der Waals surface area contributed by atoms with Gasteiger partial charge in [-0.2, -0.15) is 5.26 Å². The minimum Gasteiger partial charge on any atom is -0.293 e. The highest BCUT2D eigenvalue weighted by Gasteiger charge is 2.13. The second-order valence-corrected chi connectivity index (χ2v) is 5.48. The molecular formula is C16H13N3S. The number of aromatic nitrogens is 1. The number of fused-ring (bicyclic) bond motifs is 1. The minimum atomic E-state index is -0.351. The number of nitrogens with one attached hydrogen (secondary N) is 1. The molecule has 98 valence electrons. The molecule has 2 aromatic heterocycles. The molecule has 0 aliphatic heterocycles. The lowest BCUT2D eigenvalue weighted by Crippen LogP contribution is -2.19. The number of nitriles is 1. The van der Waals surface area contributed by atoms with Gasteiger partial charge in [-0.25, -0.2) is 0 Å². The molecule has 3 rings (SSSR count). The van der Waals surface area contributed by atoms with E-state index in [1.165, 1.54) is 4.88 Å². The van der Waals surface area contributed by atoms with Crippen LogP contribution in [0.5, 0.6) is 0 Å². The van der Waals surface area contributed by atoms with Gasteiger partial charge in [-0.3, -0.25) is 10.3 Å². The number of nitrogens with zero attached hydrogens (tertiary/aromatic N) is 2. The van der Waals surface area contributed by atoms with E-state index in [0.717, 1.165) is 16.5 Å². The number of thiophene rings is 1. The molecule has 0 bridgehead atoms. The summed E-state index contributed by atoms with van der Waals surface area (Å²) in [5.74, 6) is 0. The smallest absolute Gasteiger partial charge is 0.123 e. The highest BCUT2D eigenvalue weighted by atomic mass is 32.1. The SMILES string of the molecule is N#CC(NCc1cccs1)c1cccc2cccnc12. The van der Waals surface area contributed by atoms with Gasteiger partial charge >= 0.3 is 0 Å². The highest BCUT2D eigenvalue weighted by Crippen LogP contribution is 2.22. The molecule has 0 fully saturated rings. The number of benzene rings is 1. The van der Waals surface area contributed by atoms with Crippen molar-refractivity contribution in [3.05, 3.63) is 64.5 Å². The van der Waals surface area contributed by atoms with Crippen molar-refractivity contribution < 1.29 is 0 Å². The van der Waals surface area contributed by atoms with Crippen LogP contribution in [0.4, 0.5) is 0 Å². The Morgan fingerprint density at radius 2 is 2.10 bits per heavy atom. The van der Waals surface area contributed by atoms with Crippen molar-refractivity contribution in [3.63, 3.8) is 0 Å². The first-order chi connectivity index (χ1) is 9.88. The second kappa shape index (κ2) is 5.83. The standard InChI is InChI=1S/C16H13N3S/c17-10-15(19-11-13-6-3-9-20-13)14-7-1-4-12-5-2-8-18-16(12)14/h1-9,15,19H,11H2. The topological polar surface area (TPSA) is 48.7 Å². The summed E-state index contributed by atoms with van der Waals surface area (Å²) in [6.45, 7) is 0.694. The monoisotopic (exact) mass is 279 g/mol. The molecule has 20 heavy (non-hydrogen) atoms. The van der Waals surface area contributed by atoms with Gasteiger partial charge in [0.05, 0.1) is 11.6 Å². The maximum atomic E-state index is 9.43. The van der Waals surface area contributed by atoms with E-state index in [4.69, 9.17) is 0 Å². The van der Waals surface area contributed by atoms with Crippen molar-refractivity contribution in [1.29, 1.82) is 5.26 Å². The molecular weight excluding hydrogens is 266 g/mol. The summed E-state index contributed by atoms with van der Waals surface area (Å²) in [6.07, 6.45) is 1.76. The van der Waals surface area contributed by atoms with Crippen LogP contribution in [0.2, 0.25) is 0 Å². The van der Waals surface area contributed by atoms with Gasteiger partial charge in [0.15, 0.2) is 0 Å². The van der Waals surface area contributed by atoms with Crippen LogP contribution in [0.15, 0.2) is 54.0 Å². The Balaban J connectivity index is 1.89. The van der Waals surface area contributed by atoms with Crippen molar-refractivity contribution in [3.8, 4) is 6.07 Å². The van der Waals surface area contributed by atoms with Crippen LogP contribution in [0.3, 0.4) is 0 Å². The molecule has 1 unspecified atom stereocenters. The molecule has 3 nitrogen and oxygen atoms in total. The molecule has 0 radical (unpaired) electrons. The lowest BCUT2D eigenvalue weighted by atomic mass is 10.0. The Kier molecular flexibility index (Phi) is 3.73. The zero-order valence-electron chi connectivity index (χ0n) is 10.8. The third-order valence-corrected chi connectivity index (χ3v) is 4.04. The lowest BCUT2D eigenvalue weighted by molar-refractivity contribution is 0.638. The van der Waals surface area contributed by atoms with Gasteiger partial charge in [0.25, 0.3) is 0 Å². The van der Waals surface area contributed by atoms with Crippen LogP contribution >= 0.6 is 11.3 Å². The molecule has 1 atom stereocenters. The van der Waals surface area contributed by atoms with Crippen molar-refractivity contribution in [2.75, 3.05) is 0 Å². The van der Waals surface area contributed by atoms with Gasteiger partial charge < -0.3 is 0 Å². The van der Waals surface area contributed by atoms with E-state index in [0.29, 0.717) is 6.54 Å². The summed E-state index contributed by atoms with van der Waals surface area (Å²) in [7, 11) is 0. The van der Waals surface area contributed by atoms with Gasteiger partial charge in [-0.15, -0.1) is 11.3 Å². The fraction of sp³-hybridized carbons (Fsp3) is 0.125. The predicted octanol–water partition coefficient (Wildman–Crippen LogP) is 3.65. The molecule has 0 amide bonds. The average molecular weight is 279 g/mol. The van der Waals surface area contributed by atoms with E-state index in [1.807, 2.05) is 41.8 Å². The zero-order chi connectivity index (χ0) is 13.8. The van der Waals surface area contributed by atoms with Crippen molar-refractivity contribution in [2.24, 2.45) is 0 Å². The fourth-order valence-electron chi connectivity index (χ4n) is 2.20. The number of rotatable bonds is 4. The average Bonchev–Trinajstić information content (AvgIpc) is 3.01. The Hall–Kier alpha value is -2.22. The van der Waals surface area contributed by atoms with Crippen LogP contribution < -0.4 is 5.32 Å². The van der Waals surface area contributed by atoms with Crippen LogP contribution in [0.1, 0.15) is 16.5 Å². The number of hydrogen-bond acceptors (Lipinski definition) is 4. The summed E-state index contributed by atoms with van der Waals surface area (Å²) >= 11 is 1.69. The summed E-state index contributed by atoms with van der Waals surface area (Å²) in [4.78, 5) is 5.63. The molecule has 2 heterocycles. The van der Waals surface area contributed by atoms with Gasteiger partial charge in [-0.1, -0.05) is 30.3 Å². The maximum Gasteiger partial charge on any atom is 0.123 e. The Morgan fingerprint density at radius 3 is 2.90 bits per heavy atom. The van der Waals surface area contributed by atoms with Crippen molar-refractivity contribution >= 4 is 22.2 Å². The Labute approximate surface area is 121 Å². The minimum absolute atomic E-state index is 0.351. The summed E-state index contributed by atoms with van der Waals surface area (Å²) in [6, 6.07) is 15.9. The van der Waals surface area contributed by atoms with Crippen molar-refractivity contribution in [1.82, 2.24) is 10.3 Å². The third kappa shape index (κ3) is 2.55. The highest BCUT2D eigenvalue weighted by molar-refractivity contribution is 7.09. The zero-order valence-corrected chi connectivity index (χ0v) is 11.6. The van der Waals surface area contributed by atoms with Crippen LogP contribution in [0.25, 0.3) is 10.9 Å². The Bertz CT molecular complexity index is 739. The molecule has 1 N–H and O–H groups in total. The second-order valence-electron chi connectivity index (χ2n) is 4.44. The summed E-state index contributed by atoms with van der Waals surface area (Å²) < 4.78 is 0. The van der Waals surface area contributed by atoms with Gasteiger partial charge in [0.1, 0.15) is 6.04 Å². The van der Waals surface area contributed by atoms with E-state index in [9.17, 15) is 5.26 Å². The van der Waals surface area contributed by atoms with E-state index in [2.05, 4.69) is 22.4 Å². The van der Waals surface area contributed by atoms with E-state index in [1.54, 1.807) is 17.5 Å². The first-order valence-electron chi connectivity index (χ1n) is 6.37. The number of pyridine rings is 1. The Morgan fingerprint density at radius 1 is 1.20 bits per heavy atom. The summed E-state index contributed by atoms with van der Waals surface area (Å²) in [5, 5.41) is 15.8. The van der Waals surface area contributed by atoms with Gasteiger partial charge in [-0.05, 0) is 17.5 Å². The molecule has 0 aliphatic carbocycles. The first kappa shape index (κ1) is 12.8. The molecule has 1 aromatic carbocycles. The molecule has 0 spiro atoms. The molecule has 4 heteroatoms. The number of para-hydroxylation sites is 1. The maximum absolute atomic E-state index is 9.43. The van der Waals surface area contributed by atoms with Crippen LogP contribution in [0, 0.1) is 11.3 Å². The quantitative estimate of drug-likeness (QED) is 0.793. The fourth-order valence-corrected chi connectivity index (χ4v) is 2.86. The third-order valence-electron chi connectivity index (χ3n) is 3.16. The largest absolute Gasteiger partial charge is 0.293 e. The summed E-state index contributed by atoms with van der Waals surface area (Å²) in [5.41, 5.74) is 1.82. The van der Waals surface area contributed by atoms with Crippen LogP contribution in [-0.2, 0) is 6.54 Å². The lowest BCUT2D eigenvalue weighted by Gasteiger charge is -2.13. The first-order valence-corrected chi connectivity index (χ1v) is 7.25. The molecule has 0 saturated heterocycles. The number of hydrogen-bond donors (Lipinski definition) is 1. The normalized spacial score (nSPS) is 12.2. The molecule has 3 aromatic rings. The van der Waals surface area contributed by atoms with Crippen molar-refractivity contribution in [2.45, 2.75) is 12.6 Å².